The second-order valence-corrected chi connectivity index (χ2v) is 7.77. The van der Waals surface area contributed by atoms with E-state index in [0.29, 0.717) is 18.5 Å². The van der Waals surface area contributed by atoms with E-state index >= 15 is 0 Å². The molecule has 5 nitrogen and oxygen atoms in total. The normalized spacial score (nSPS) is 11.5. The first kappa shape index (κ1) is 19.7. The molecule has 0 unspecified atom stereocenters. The van der Waals surface area contributed by atoms with Crippen LogP contribution in [-0.2, 0) is 11.2 Å². The number of hydrogen-bond donors (Lipinski definition) is 2. The Morgan fingerprint density at radius 1 is 1.07 bits per heavy atom. The minimum Gasteiger partial charge on any atom is -0.373 e. The SMILES string of the molecule is CNc1ncnc2ccc(-c3ccc(F)c(CCNC(=O)C(C)(C)C)c3)cc12. The Bertz CT molecular complexity index is 1010. The molecule has 2 aromatic carbocycles. The standard InChI is InChI=1S/C22H25FN4O/c1-22(2,3)21(28)25-10-9-16-11-14(5-7-18(16)23)15-6-8-19-17(12-15)20(24-4)27-13-26-19/h5-8,11-13H,9-10H2,1-4H3,(H,25,28)(H,24,26,27). The van der Waals surface area contributed by atoms with E-state index in [0.717, 1.165) is 27.8 Å². The summed E-state index contributed by atoms with van der Waals surface area (Å²) in [4.78, 5) is 20.5. The van der Waals surface area contributed by atoms with Gasteiger partial charge in [0.2, 0.25) is 5.91 Å². The summed E-state index contributed by atoms with van der Waals surface area (Å²) in [7, 11) is 1.82. The highest BCUT2D eigenvalue weighted by Gasteiger charge is 2.20. The Labute approximate surface area is 164 Å². The van der Waals surface area contributed by atoms with Crippen LogP contribution in [0.3, 0.4) is 0 Å². The van der Waals surface area contributed by atoms with E-state index in [1.54, 1.807) is 6.07 Å². The van der Waals surface area contributed by atoms with E-state index in [4.69, 9.17) is 0 Å². The van der Waals surface area contributed by atoms with Gasteiger partial charge in [-0.3, -0.25) is 4.79 Å². The fourth-order valence-electron chi connectivity index (χ4n) is 2.96. The van der Waals surface area contributed by atoms with Crippen molar-refractivity contribution in [2.24, 2.45) is 5.41 Å². The Morgan fingerprint density at radius 2 is 1.79 bits per heavy atom. The summed E-state index contributed by atoms with van der Waals surface area (Å²) >= 11 is 0. The highest BCUT2D eigenvalue weighted by atomic mass is 19.1. The first-order chi connectivity index (χ1) is 13.3. The second kappa shape index (κ2) is 7.92. The van der Waals surface area contributed by atoms with Gasteiger partial charge in [0.25, 0.3) is 0 Å². The van der Waals surface area contributed by atoms with Crippen molar-refractivity contribution >= 4 is 22.6 Å². The molecule has 0 aliphatic carbocycles. The van der Waals surface area contributed by atoms with Crippen LogP contribution in [0.25, 0.3) is 22.0 Å². The largest absolute Gasteiger partial charge is 0.373 e. The van der Waals surface area contributed by atoms with E-state index in [9.17, 15) is 9.18 Å². The van der Waals surface area contributed by atoms with Crippen molar-refractivity contribution in [3.05, 3.63) is 54.1 Å². The minimum atomic E-state index is -0.460. The van der Waals surface area contributed by atoms with Crippen molar-refractivity contribution < 1.29 is 9.18 Å². The first-order valence-electron chi connectivity index (χ1n) is 9.29. The molecule has 0 saturated heterocycles. The van der Waals surface area contributed by atoms with Crippen LogP contribution in [0.4, 0.5) is 10.2 Å². The van der Waals surface area contributed by atoms with Crippen LogP contribution < -0.4 is 10.6 Å². The number of benzene rings is 2. The van der Waals surface area contributed by atoms with Crippen molar-refractivity contribution in [1.29, 1.82) is 0 Å². The number of carbonyl (C=O) groups is 1. The average Bonchev–Trinajstić information content (AvgIpc) is 2.67. The molecule has 6 heteroatoms. The quantitative estimate of drug-likeness (QED) is 0.697. The van der Waals surface area contributed by atoms with Crippen LogP contribution in [0.1, 0.15) is 26.3 Å². The molecule has 0 aliphatic rings. The maximum absolute atomic E-state index is 14.3. The van der Waals surface area contributed by atoms with Gasteiger partial charge in [-0.25, -0.2) is 14.4 Å². The van der Waals surface area contributed by atoms with E-state index in [-0.39, 0.29) is 11.7 Å². The lowest BCUT2D eigenvalue weighted by atomic mass is 9.95. The summed E-state index contributed by atoms with van der Waals surface area (Å²) in [5.41, 5.74) is 2.82. The van der Waals surface area contributed by atoms with E-state index in [2.05, 4.69) is 20.6 Å². The molecule has 2 N–H and O–H groups in total. The van der Waals surface area contributed by atoms with Gasteiger partial charge in [-0.15, -0.1) is 0 Å². The molecule has 0 radical (unpaired) electrons. The molecule has 146 valence electrons. The van der Waals surface area contributed by atoms with Gasteiger partial charge in [-0.05, 0) is 47.4 Å². The van der Waals surface area contributed by atoms with Gasteiger partial charge in [-0.1, -0.05) is 32.9 Å². The number of nitrogens with one attached hydrogen (secondary N) is 2. The summed E-state index contributed by atoms with van der Waals surface area (Å²) < 4.78 is 14.3. The number of nitrogens with zero attached hydrogens (tertiary/aromatic N) is 2. The van der Waals surface area contributed by atoms with Crippen LogP contribution in [-0.4, -0.2) is 29.5 Å². The van der Waals surface area contributed by atoms with Crippen molar-refractivity contribution in [2.45, 2.75) is 27.2 Å². The molecular weight excluding hydrogens is 355 g/mol. The van der Waals surface area contributed by atoms with Gasteiger partial charge >= 0.3 is 0 Å². The van der Waals surface area contributed by atoms with Gasteiger partial charge < -0.3 is 10.6 Å². The van der Waals surface area contributed by atoms with Crippen molar-refractivity contribution in [3.8, 4) is 11.1 Å². The maximum Gasteiger partial charge on any atom is 0.225 e. The molecule has 0 bridgehead atoms. The number of aromatic nitrogens is 2. The lowest BCUT2D eigenvalue weighted by molar-refractivity contribution is -0.128. The molecule has 3 rings (SSSR count). The van der Waals surface area contributed by atoms with Crippen molar-refractivity contribution in [3.63, 3.8) is 0 Å². The van der Waals surface area contributed by atoms with Crippen LogP contribution in [0.5, 0.6) is 0 Å². The van der Waals surface area contributed by atoms with Crippen LogP contribution in [0.2, 0.25) is 0 Å². The van der Waals surface area contributed by atoms with E-state index in [1.807, 2.05) is 52.1 Å². The van der Waals surface area contributed by atoms with Crippen molar-refractivity contribution in [1.82, 2.24) is 15.3 Å². The molecule has 0 aliphatic heterocycles. The third-order valence-corrected chi connectivity index (χ3v) is 4.61. The zero-order chi connectivity index (χ0) is 20.3. The Kier molecular flexibility index (Phi) is 5.58. The number of hydrogen-bond acceptors (Lipinski definition) is 4. The van der Waals surface area contributed by atoms with Crippen LogP contribution in [0, 0.1) is 11.2 Å². The van der Waals surface area contributed by atoms with E-state index in [1.165, 1.54) is 12.4 Å². The van der Waals surface area contributed by atoms with Crippen molar-refractivity contribution in [2.75, 3.05) is 18.9 Å². The molecule has 1 heterocycles. The minimum absolute atomic E-state index is 0.0433. The first-order valence-corrected chi connectivity index (χ1v) is 9.29. The zero-order valence-corrected chi connectivity index (χ0v) is 16.6. The molecule has 0 fully saturated rings. The third-order valence-electron chi connectivity index (χ3n) is 4.61. The maximum atomic E-state index is 14.3. The monoisotopic (exact) mass is 380 g/mol. The van der Waals surface area contributed by atoms with Crippen LogP contribution >= 0.6 is 0 Å². The zero-order valence-electron chi connectivity index (χ0n) is 16.6. The Balaban J connectivity index is 1.85. The highest BCUT2D eigenvalue weighted by molar-refractivity contribution is 5.92. The Hall–Kier alpha value is -3.02. The molecule has 0 saturated carbocycles. The number of fused-ring (bicyclic) bond motifs is 1. The number of halogens is 1. The smallest absolute Gasteiger partial charge is 0.225 e. The lowest BCUT2D eigenvalue weighted by Gasteiger charge is -2.17. The number of rotatable bonds is 5. The van der Waals surface area contributed by atoms with Gasteiger partial charge in [0, 0.05) is 24.4 Å². The predicted molar refractivity (Wildman–Crippen MR) is 111 cm³/mol. The van der Waals surface area contributed by atoms with Gasteiger partial charge in [0.1, 0.15) is 18.0 Å². The lowest BCUT2D eigenvalue weighted by Crippen LogP contribution is -2.36. The van der Waals surface area contributed by atoms with Crippen LogP contribution in [0.15, 0.2) is 42.7 Å². The predicted octanol–water partition coefficient (Wildman–Crippen LogP) is 4.18. The fraction of sp³-hybridized carbons (Fsp3) is 0.318. The topological polar surface area (TPSA) is 66.9 Å². The molecule has 28 heavy (non-hydrogen) atoms. The molecule has 1 aromatic heterocycles. The van der Waals surface area contributed by atoms with Gasteiger partial charge in [0.15, 0.2) is 0 Å². The number of amides is 1. The summed E-state index contributed by atoms with van der Waals surface area (Å²) in [5, 5.41) is 6.84. The summed E-state index contributed by atoms with van der Waals surface area (Å²) in [6.07, 6.45) is 1.95. The summed E-state index contributed by atoms with van der Waals surface area (Å²) in [5.74, 6) is 0.436. The Morgan fingerprint density at radius 3 is 2.50 bits per heavy atom. The molecular formula is C22H25FN4O. The second-order valence-electron chi connectivity index (χ2n) is 7.77. The molecule has 0 atom stereocenters. The molecule has 1 amide bonds. The van der Waals surface area contributed by atoms with Gasteiger partial charge in [0.05, 0.1) is 5.52 Å². The molecule has 0 spiro atoms. The third kappa shape index (κ3) is 4.27. The average molecular weight is 380 g/mol. The summed E-state index contributed by atoms with van der Waals surface area (Å²) in [6.45, 7) is 5.96. The summed E-state index contributed by atoms with van der Waals surface area (Å²) in [6, 6.07) is 11.0. The fourth-order valence-corrected chi connectivity index (χ4v) is 2.96. The number of carbonyl (C=O) groups excluding carboxylic acids is 1. The van der Waals surface area contributed by atoms with E-state index < -0.39 is 5.41 Å². The number of anilines is 1. The molecule has 3 aromatic rings. The van der Waals surface area contributed by atoms with Gasteiger partial charge in [-0.2, -0.15) is 0 Å². The highest BCUT2D eigenvalue weighted by Crippen LogP contribution is 2.28.